The lowest BCUT2D eigenvalue weighted by molar-refractivity contribution is 0.0684. The second-order valence-electron chi connectivity index (χ2n) is 5.02. The molecule has 2 rings (SSSR count). The minimum atomic E-state index is -0.251. The summed E-state index contributed by atoms with van der Waals surface area (Å²) in [6.45, 7) is 4.42. The molecule has 2 N–H and O–H groups in total. The molecule has 1 aromatic carbocycles. The summed E-state index contributed by atoms with van der Waals surface area (Å²) in [5, 5.41) is 0. The molecule has 0 atom stereocenters. The maximum atomic E-state index is 13.5. The lowest BCUT2D eigenvalue weighted by Crippen LogP contribution is -2.06. The number of hydrogen-bond donors (Lipinski definition) is 1. The van der Waals surface area contributed by atoms with Crippen LogP contribution in [0.3, 0.4) is 0 Å². The van der Waals surface area contributed by atoms with Crippen molar-refractivity contribution in [1.82, 2.24) is 9.55 Å². The van der Waals surface area contributed by atoms with Crippen molar-refractivity contribution in [1.29, 1.82) is 0 Å². The van der Waals surface area contributed by atoms with E-state index in [2.05, 4.69) is 4.98 Å². The average molecular weight is 295 g/mol. The number of aryl methyl sites for hydroxylation is 2. The Morgan fingerprint density at radius 1 is 1.24 bits per heavy atom. The molecule has 0 amide bonds. The minimum Gasteiger partial charge on any atom is -0.382 e. The number of rotatable bonds is 8. The summed E-state index contributed by atoms with van der Waals surface area (Å²) < 4.78 is 25.8. The standard InChI is InChI=1S/C15H22FN3O2/c1-11-9-14-13(10-12(11)16)18-15(17)19(14)5-3-4-6-21-8-7-20-2/h9-10H,3-8H2,1-2H3,(H2,17,18). The summed E-state index contributed by atoms with van der Waals surface area (Å²) >= 11 is 0. The van der Waals surface area contributed by atoms with Crippen molar-refractivity contribution in [2.45, 2.75) is 26.3 Å². The van der Waals surface area contributed by atoms with Gasteiger partial charge in [-0.25, -0.2) is 9.37 Å². The van der Waals surface area contributed by atoms with E-state index < -0.39 is 0 Å². The molecule has 5 nitrogen and oxygen atoms in total. The van der Waals surface area contributed by atoms with E-state index in [1.807, 2.05) is 4.57 Å². The molecule has 0 aliphatic rings. The highest BCUT2D eigenvalue weighted by molar-refractivity contribution is 5.79. The summed E-state index contributed by atoms with van der Waals surface area (Å²) in [6, 6.07) is 3.23. The molecule has 1 heterocycles. The maximum absolute atomic E-state index is 13.5. The molecule has 6 heteroatoms. The van der Waals surface area contributed by atoms with E-state index >= 15 is 0 Å². The number of unbranched alkanes of at least 4 members (excludes halogenated alkanes) is 1. The smallest absolute Gasteiger partial charge is 0.201 e. The summed E-state index contributed by atoms with van der Waals surface area (Å²) in [5.41, 5.74) is 8.00. The SMILES string of the molecule is COCCOCCCCn1c(N)nc2cc(F)c(C)cc21. The molecule has 0 aliphatic heterocycles. The van der Waals surface area contributed by atoms with E-state index in [4.69, 9.17) is 15.2 Å². The Morgan fingerprint density at radius 3 is 2.81 bits per heavy atom. The number of halogens is 1. The number of nitrogens with zero attached hydrogens (tertiary/aromatic N) is 2. The van der Waals surface area contributed by atoms with Gasteiger partial charge in [0, 0.05) is 26.3 Å². The van der Waals surface area contributed by atoms with Crippen molar-refractivity contribution in [2.75, 3.05) is 32.7 Å². The van der Waals surface area contributed by atoms with Crippen LogP contribution >= 0.6 is 0 Å². The quantitative estimate of drug-likeness (QED) is 0.760. The van der Waals surface area contributed by atoms with Gasteiger partial charge in [0.1, 0.15) is 5.82 Å². The first-order valence-corrected chi connectivity index (χ1v) is 7.12. The van der Waals surface area contributed by atoms with Gasteiger partial charge in [0.15, 0.2) is 0 Å². The zero-order valence-electron chi connectivity index (χ0n) is 12.6. The Kier molecular flexibility index (Phi) is 5.52. The van der Waals surface area contributed by atoms with E-state index in [9.17, 15) is 4.39 Å². The van der Waals surface area contributed by atoms with Gasteiger partial charge in [0.25, 0.3) is 0 Å². The van der Waals surface area contributed by atoms with Gasteiger partial charge >= 0.3 is 0 Å². The normalized spacial score (nSPS) is 11.4. The van der Waals surface area contributed by atoms with Gasteiger partial charge in [0.05, 0.1) is 24.2 Å². The fourth-order valence-electron chi connectivity index (χ4n) is 2.22. The summed E-state index contributed by atoms with van der Waals surface area (Å²) in [7, 11) is 1.65. The third-order valence-electron chi connectivity index (χ3n) is 3.41. The highest BCUT2D eigenvalue weighted by Crippen LogP contribution is 2.22. The Morgan fingerprint density at radius 2 is 2.05 bits per heavy atom. The molecule has 1 aromatic heterocycles. The van der Waals surface area contributed by atoms with Crippen molar-refractivity contribution in [3.8, 4) is 0 Å². The second kappa shape index (κ2) is 7.38. The second-order valence-corrected chi connectivity index (χ2v) is 5.02. The Hall–Kier alpha value is -1.66. The molecular weight excluding hydrogens is 273 g/mol. The van der Waals surface area contributed by atoms with Gasteiger partial charge in [0.2, 0.25) is 5.95 Å². The fourth-order valence-corrected chi connectivity index (χ4v) is 2.22. The number of hydrogen-bond acceptors (Lipinski definition) is 4. The third-order valence-corrected chi connectivity index (χ3v) is 3.41. The Bertz CT molecular complexity index is 598. The van der Waals surface area contributed by atoms with Crippen LogP contribution in [0.15, 0.2) is 12.1 Å². The third kappa shape index (κ3) is 3.92. The van der Waals surface area contributed by atoms with Crippen LogP contribution in [0.25, 0.3) is 11.0 Å². The van der Waals surface area contributed by atoms with Crippen molar-refractivity contribution >= 4 is 17.0 Å². The number of aromatic nitrogens is 2. The molecule has 0 spiro atoms. The van der Waals surface area contributed by atoms with Crippen molar-refractivity contribution in [3.63, 3.8) is 0 Å². The summed E-state index contributed by atoms with van der Waals surface area (Å²) in [4.78, 5) is 4.21. The molecule has 0 radical (unpaired) electrons. The first kappa shape index (κ1) is 15.7. The van der Waals surface area contributed by atoms with E-state index in [-0.39, 0.29) is 5.82 Å². The molecular formula is C15H22FN3O2. The fraction of sp³-hybridized carbons (Fsp3) is 0.533. The van der Waals surface area contributed by atoms with Crippen LogP contribution in [0.5, 0.6) is 0 Å². The molecule has 0 saturated heterocycles. The van der Waals surface area contributed by atoms with Crippen LogP contribution in [0.2, 0.25) is 0 Å². The van der Waals surface area contributed by atoms with E-state index in [1.54, 1.807) is 20.1 Å². The molecule has 2 aromatic rings. The Labute approximate surface area is 123 Å². The van der Waals surface area contributed by atoms with Crippen LogP contribution in [-0.4, -0.2) is 36.5 Å². The molecule has 0 bridgehead atoms. The zero-order valence-corrected chi connectivity index (χ0v) is 12.6. The van der Waals surface area contributed by atoms with Gasteiger partial charge in [-0.1, -0.05) is 0 Å². The highest BCUT2D eigenvalue weighted by atomic mass is 19.1. The minimum absolute atomic E-state index is 0.251. The maximum Gasteiger partial charge on any atom is 0.201 e. The Balaban J connectivity index is 1.93. The molecule has 0 saturated carbocycles. The number of anilines is 1. The predicted molar refractivity (Wildman–Crippen MR) is 80.8 cm³/mol. The van der Waals surface area contributed by atoms with Crippen LogP contribution < -0.4 is 5.73 Å². The first-order valence-electron chi connectivity index (χ1n) is 7.12. The molecule has 0 fully saturated rings. The summed E-state index contributed by atoms with van der Waals surface area (Å²) in [5.74, 6) is 0.175. The van der Waals surface area contributed by atoms with Crippen LogP contribution in [0, 0.1) is 12.7 Å². The van der Waals surface area contributed by atoms with Gasteiger partial charge in [-0.15, -0.1) is 0 Å². The van der Waals surface area contributed by atoms with E-state index in [0.29, 0.717) is 36.8 Å². The monoisotopic (exact) mass is 295 g/mol. The number of methoxy groups -OCH3 is 1. The van der Waals surface area contributed by atoms with E-state index in [1.165, 1.54) is 6.07 Å². The number of fused-ring (bicyclic) bond motifs is 1. The first-order chi connectivity index (χ1) is 10.1. The lowest BCUT2D eigenvalue weighted by atomic mass is 10.2. The number of nitrogen functional groups attached to an aromatic ring is 1. The molecule has 0 unspecified atom stereocenters. The molecule has 0 aliphatic carbocycles. The van der Waals surface area contributed by atoms with Gasteiger partial charge in [-0.2, -0.15) is 0 Å². The van der Waals surface area contributed by atoms with Crippen molar-refractivity contribution < 1.29 is 13.9 Å². The van der Waals surface area contributed by atoms with Gasteiger partial charge in [-0.3, -0.25) is 0 Å². The summed E-state index contributed by atoms with van der Waals surface area (Å²) in [6.07, 6.45) is 1.86. The van der Waals surface area contributed by atoms with Crippen LogP contribution in [-0.2, 0) is 16.0 Å². The van der Waals surface area contributed by atoms with Gasteiger partial charge < -0.3 is 19.8 Å². The van der Waals surface area contributed by atoms with E-state index in [0.717, 1.165) is 24.9 Å². The largest absolute Gasteiger partial charge is 0.382 e. The zero-order chi connectivity index (χ0) is 15.2. The average Bonchev–Trinajstić information content (AvgIpc) is 2.74. The number of ether oxygens (including phenoxy) is 2. The molecule has 21 heavy (non-hydrogen) atoms. The van der Waals surface area contributed by atoms with Crippen LogP contribution in [0.1, 0.15) is 18.4 Å². The number of benzene rings is 1. The number of imidazole rings is 1. The van der Waals surface area contributed by atoms with Gasteiger partial charge in [-0.05, 0) is 31.4 Å². The highest BCUT2D eigenvalue weighted by Gasteiger charge is 2.10. The van der Waals surface area contributed by atoms with Crippen molar-refractivity contribution in [3.05, 3.63) is 23.5 Å². The predicted octanol–water partition coefficient (Wildman–Crippen LogP) is 2.51. The van der Waals surface area contributed by atoms with Crippen LogP contribution in [0.4, 0.5) is 10.3 Å². The topological polar surface area (TPSA) is 62.3 Å². The molecule has 116 valence electrons. The lowest BCUT2D eigenvalue weighted by Gasteiger charge is -2.07. The number of nitrogens with two attached hydrogens (primary N) is 1. The van der Waals surface area contributed by atoms with Crippen molar-refractivity contribution in [2.24, 2.45) is 0 Å².